The highest BCUT2D eigenvalue weighted by Gasteiger charge is 2.24. The lowest BCUT2D eigenvalue weighted by molar-refractivity contribution is -0.135. The molecule has 0 radical (unpaired) electrons. The fraction of sp³-hybridized carbons (Fsp3) is 0.750. The summed E-state index contributed by atoms with van der Waals surface area (Å²) in [6.45, 7) is 7.14. The summed E-state index contributed by atoms with van der Waals surface area (Å²) in [5.74, 6) is 0.258. The third kappa shape index (κ3) is 3.33. The number of hydrogen-bond donors (Lipinski definition) is 1. The number of rotatable bonds is 4. The van der Waals surface area contributed by atoms with Crippen molar-refractivity contribution in [3.8, 4) is 0 Å². The number of aromatic nitrogens is 2. The van der Waals surface area contributed by atoms with Crippen molar-refractivity contribution in [2.75, 3.05) is 26.7 Å². The molecular formula is C16H27N5O. The summed E-state index contributed by atoms with van der Waals surface area (Å²) < 4.78 is 2.08. The molecule has 1 aromatic rings. The molecule has 1 N–H and O–H groups in total. The van der Waals surface area contributed by atoms with Gasteiger partial charge in [-0.15, -0.1) is 0 Å². The van der Waals surface area contributed by atoms with Gasteiger partial charge in [0, 0.05) is 37.8 Å². The van der Waals surface area contributed by atoms with Crippen molar-refractivity contribution in [3.63, 3.8) is 0 Å². The Morgan fingerprint density at radius 1 is 1.45 bits per heavy atom. The number of carbonyl (C=O) groups excluding carboxylic acids is 1. The Bertz CT molecular complexity index is 527. The smallest absolute Gasteiger partial charge is 0.236 e. The second-order valence-corrected chi connectivity index (χ2v) is 6.62. The monoisotopic (exact) mass is 305 g/mol. The number of fused-ring (bicyclic) bond motifs is 1. The number of carbonyl (C=O) groups is 1. The molecule has 122 valence electrons. The Labute approximate surface area is 132 Å². The summed E-state index contributed by atoms with van der Waals surface area (Å²) in [5, 5.41) is 7.83. The Hall–Kier alpha value is -1.40. The quantitative estimate of drug-likeness (QED) is 0.895. The molecule has 2 aliphatic heterocycles. The van der Waals surface area contributed by atoms with Crippen LogP contribution in [0.2, 0.25) is 0 Å². The highest BCUT2D eigenvalue weighted by Crippen LogP contribution is 2.17. The van der Waals surface area contributed by atoms with Gasteiger partial charge >= 0.3 is 0 Å². The molecule has 0 spiro atoms. The van der Waals surface area contributed by atoms with E-state index in [2.05, 4.69) is 31.8 Å². The molecule has 1 amide bonds. The molecule has 0 saturated carbocycles. The van der Waals surface area contributed by atoms with Crippen LogP contribution < -0.4 is 5.32 Å². The van der Waals surface area contributed by atoms with Crippen LogP contribution >= 0.6 is 0 Å². The van der Waals surface area contributed by atoms with Gasteiger partial charge in [0.15, 0.2) is 0 Å². The van der Waals surface area contributed by atoms with E-state index in [-0.39, 0.29) is 5.91 Å². The first-order chi connectivity index (χ1) is 10.6. The minimum atomic E-state index is 0.258. The zero-order valence-electron chi connectivity index (χ0n) is 13.7. The molecule has 0 bridgehead atoms. The van der Waals surface area contributed by atoms with Gasteiger partial charge in [0.05, 0.1) is 25.0 Å². The summed E-state index contributed by atoms with van der Waals surface area (Å²) in [6, 6.07) is 0.391. The number of nitrogens with zero attached hydrogens (tertiary/aromatic N) is 4. The van der Waals surface area contributed by atoms with Crippen LogP contribution in [0.25, 0.3) is 0 Å². The summed E-state index contributed by atoms with van der Waals surface area (Å²) in [7, 11) is 2.02. The second-order valence-electron chi connectivity index (χ2n) is 6.62. The Morgan fingerprint density at radius 3 is 3.14 bits per heavy atom. The molecule has 6 heteroatoms. The lowest BCUT2D eigenvalue weighted by Crippen LogP contribution is -2.46. The van der Waals surface area contributed by atoms with Gasteiger partial charge in [0.2, 0.25) is 5.91 Å². The highest BCUT2D eigenvalue weighted by molar-refractivity contribution is 5.78. The number of piperidine rings is 1. The average Bonchev–Trinajstić information content (AvgIpc) is 2.91. The minimum absolute atomic E-state index is 0.258. The van der Waals surface area contributed by atoms with Gasteiger partial charge < -0.3 is 10.2 Å². The second kappa shape index (κ2) is 6.79. The van der Waals surface area contributed by atoms with E-state index in [4.69, 9.17) is 0 Å². The van der Waals surface area contributed by atoms with Crippen LogP contribution in [0.4, 0.5) is 0 Å². The van der Waals surface area contributed by atoms with Gasteiger partial charge in [-0.3, -0.25) is 14.4 Å². The number of likely N-dealkylation sites (N-methyl/N-ethyl adjacent to an activating group) is 1. The molecule has 22 heavy (non-hydrogen) atoms. The van der Waals surface area contributed by atoms with Crippen molar-refractivity contribution in [3.05, 3.63) is 17.5 Å². The van der Waals surface area contributed by atoms with Crippen molar-refractivity contribution in [2.24, 2.45) is 0 Å². The van der Waals surface area contributed by atoms with Crippen molar-refractivity contribution in [1.29, 1.82) is 0 Å². The van der Waals surface area contributed by atoms with Crippen LogP contribution in [0, 0.1) is 0 Å². The molecule has 1 unspecified atom stereocenters. The molecular weight excluding hydrogens is 278 g/mol. The van der Waals surface area contributed by atoms with Gasteiger partial charge in [-0.1, -0.05) is 0 Å². The average molecular weight is 305 g/mol. The zero-order valence-corrected chi connectivity index (χ0v) is 13.7. The van der Waals surface area contributed by atoms with Crippen LogP contribution in [0.1, 0.15) is 37.4 Å². The van der Waals surface area contributed by atoms with E-state index in [0.717, 1.165) is 45.6 Å². The molecule has 1 atom stereocenters. The summed E-state index contributed by atoms with van der Waals surface area (Å²) >= 11 is 0. The van der Waals surface area contributed by atoms with Crippen LogP contribution in [-0.4, -0.2) is 58.2 Å². The van der Waals surface area contributed by atoms with Gasteiger partial charge in [-0.2, -0.15) is 5.10 Å². The molecule has 1 saturated heterocycles. The molecule has 1 aromatic heterocycles. The normalized spacial score (nSPS) is 22.0. The topological polar surface area (TPSA) is 53.4 Å². The number of amides is 1. The van der Waals surface area contributed by atoms with Gasteiger partial charge in [0.25, 0.3) is 0 Å². The van der Waals surface area contributed by atoms with Crippen molar-refractivity contribution < 1.29 is 4.79 Å². The fourth-order valence-electron chi connectivity index (χ4n) is 3.51. The highest BCUT2D eigenvalue weighted by atomic mass is 16.2. The zero-order chi connectivity index (χ0) is 15.5. The maximum atomic E-state index is 12.5. The van der Waals surface area contributed by atoms with Crippen LogP contribution in [0.3, 0.4) is 0 Å². The van der Waals surface area contributed by atoms with E-state index >= 15 is 0 Å². The van der Waals surface area contributed by atoms with Gasteiger partial charge in [-0.25, -0.2) is 0 Å². The maximum Gasteiger partial charge on any atom is 0.236 e. The van der Waals surface area contributed by atoms with E-state index < -0.39 is 0 Å². The van der Waals surface area contributed by atoms with Crippen molar-refractivity contribution >= 4 is 5.91 Å². The molecule has 0 aliphatic carbocycles. The van der Waals surface area contributed by atoms with Gasteiger partial charge in [0.1, 0.15) is 0 Å². The third-order valence-corrected chi connectivity index (χ3v) is 4.80. The lowest BCUT2D eigenvalue weighted by Gasteiger charge is -2.34. The van der Waals surface area contributed by atoms with Gasteiger partial charge in [-0.05, 0) is 33.2 Å². The van der Waals surface area contributed by atoms with E-state index in [9.17, 15) is 4.79 Å². The first kappa shape index (κ1) is 15.5. The predicted molar refractivity (Wildman–Crippen MR) is 85.3 cm³/mol. The minimum Gasteiger partial charge on any atom is -0.339 e. The van der Waals surface area contributed by atoms with E-state index in [0.29, 0.717) is 12.6 Å². The molecule has 0 aromatic carbocycles. The summed E-state index contributed by atoms with van der Waals surface area (Å²) in [6.07, 6.45) is 5.48. The lowest BCUT2D eigenvalue weighted by atomic mass is 10.0. The first-order valence-corrected chi connectivity index (χ1v) is 8.37. The molecule has 6 nitrogen and oxygen atoms in total. The first-order valence-electron chi connectivity index (χ1n) is 8.37. The van der Waals surface area contributed by atoms with E-state index in [1.165, 1.54) is 17.7 Å². The van der Waals surface area contributed by atoms with Crippen LogP contribution in [0.15, 0.2) is 6.20 Å². The number of hydrogen-bond acceptors (Lipinski definition) is 4. The maximum absolute atomic E-state index is 12.5. The van der Waals surface area contributed by atoms with E-state index in [1.807, 2.05) is 13.2 Å². The largest absolute Gasteiger partial charge is 0.339 e. The Balaban J connectivity index is 1.57. The number of likely N-dealkylation sites (tertiary alicyclic amines) is 1. The van der Waals surface area contributed by atoms with Crippen LogP contribution in [-0.2, 0) is 24.4 Å². The van der Waals surface area contributed by atoms with Crippen molar-refractivity contribution in [2.45, 2.75) is 51.9 Å². The summed E-state index contributed by atoms with van der Waals surface area (Å²) in [4.78, 5) is 16.6. The Morgan fingerprint density at radius 2 is 2.32 bits per heavy atom. The predicted octanol–water partition coefficient (Wildman–Crippen LogP) is 0.819. The Kier molecular flexibility index (Phi) is 4.78. The summed E-state index contributed by atoms with van der Waals surface area (Å²) in [5.41, 5.74) is 2.49. The van der Waals surface area contributed by atoms with Crippen molar-refractivity contribution in [1.82, 2.24) is 24.9 Å². The molecule has 3 rings (SSSR count). The molecule has 1 fully saturated rings. The molecule has 3 heterocycles. The molecule has 2 aliphatic rings. The third-order valence-electron chi connectivity index (χ3n) is 4.80. The number of nitrogens with one attached hydrogen (secondary N) is 1. The SMILES string of the molecule is CC1CCCCN1C(=O)CN(C)Cc1cnn2c1CNCC2. The standard InChI is InChI=1S/C16H27N5O/c1-13-5-3-4-7-20(13)16(22)12-19(2)11-14-9-18-21-8-6-17-10-15(14)21/h9,13,17H,3-8,10-12H2,1-2H3. The fourth-order valence-corrected chi connectivity index (χ4v) is 3.51. The van der Waals surface area contributed by atoms with Crippen LogP contribution in [0.5, 0.6) is 0 Å². The van der Waals surface area contributed by atoms with E-state index in [1.54, 1.807) is 0 Å².